The van der Waals surface area contributed by atoms with Crippen molar-refractivity contribution in [3.63, 3.8) is 0 Å². The molecular weight excluding hydrogens is 224 g/mol. The molecule has 0 saturated carbocycles. The van der Waals surface area contributed by atoms with E-state index >= 15 is 0 Å². The molecule has 1 aromatic carbocycles. The molecule has 1 heterocycles. The van der Waals surface area contributed by atoms with Gasteiger partial charge in [0.1, 0.15) is 5.75 Å². The Balaban J connectivity index is 2.26. The van der Waals surface area contributed by atoms with Crippen LogP contribution in [0.5, 0.6) is 5.75 Å². The Hall–Kier alpha value is -1.06. The van der Waals surface area contributed by atoms with E-state index in [1.807, 2.05) is 0 Å². The molecule has 3 N–H and O–H groups in total. The number of hydrogen-bond donors (Lipinski definition) is 2. The molecule has 0 spiro atoms. The van der Waals surface area contributed by atoms with Crippen molar-refractivity contribution in [1.29, 1.82) is 0 Å². The Labute approximate surface area is 110 Å². The maximum Gasteiger partial charge on any atom is 0.123 e. The van der Waals surface area contributed by atoms with Gasteiger partial charge in [0.25, 0.3) is 0 Å². The topological polar surface area (TPSA) is 47.3 Å². The fourth-order valence-corrected chi connectivity index (χ4v) is 2.60. The summed E-state index contributed by atoms with van der Waals surface area (Å²) in [5.74, 6) is 1.96. The van der Waals surface area contributed by atoms with Crippen LogP contribution in [0.3, 0.4) is 0 Å². The van der Waals surface area contributed by atoms with Crippen LogP contribution < -0.4 is 15.8 Å². The second kappa shape index (κ2) is 5.72. The molecule has 1 aliphatic rings. The standard InChI is InChI=1S/C15H24N2O/c1-10(2)11-4-5-13(14(8-11)18-3)15(16)12-6-7-17-9-12/h4-5,8,10,12,15,17H,6-7,9,16H2,1-3H3. The quantitative estimate of drug-likeness (QED) is 0.860. The van der Waals surface area contributed by atoms with Crippen molar-refractivity contribution in [3.05, 3.63) is 29.3 Å². The van der Waals surface area contributed by atoms with Gasteiger partial charge in [-0.3, -0.25) is 0 Å². The van der Waals surface area contributed by atoms with Crippen LogP contribution in [0.2, 0.25) is 0 Å². The van der Waals surface area contributed by atoms with Gasteiger partial charge in [-0.2, -0.15) is 0 Å². The first-order valence-electron chi connectivity index (χ1n) is 6.77. The number of benzene rings is 1. The van der Waals surface area contributed by atoms with Crippen molar-refractivity contribution in [2.75, 3.05) is 20.2 Å². The zero-order valence-corrected chi connectivity index (χ0v) is 11.6. The predicted molar refractivity (Wildman–Crippen MR) is 75.0 cm³/mol. The second-order valence-electron chi connectivity index (χ2n) is 5.43. The number of hydrogen-bond acceptors (Lipinski definition) is 3. The van der Waals surface area contributed by atoms with Crippen LogP contribution in [0, 0.1) is 5.92 Å². The third kappa shape index (κ3) is 2.68. The van der Waals surface area contributed by atoms with Gasteiger partial charge in [0.15, 0.2) is 0 Å². The summed E-state index contributed by atoms with van der Waals surface area (Å²) in [4.78, 5) is 0. The molecule has 2 atom stereocenters. The van der Waals surface area contributed by atoms with E-state index in [9.17, 15) is 0 Å². The van der Waals surface area contributed by atoms with Crippen LogP contribution in [0.25, 0.3) is 0 Å². The van der Waals surface area contributed by atoms with Crippen molar-refractivity contribution < 1.29 is 4.74 Å². The van der Waals surface area contributed by atoms with Crippen LogP contribution >= 0.6 is 0 Å². The Morgan fingerprint density at radius 3 is 2.72 bits per heavy atom. The van der Waals surface area contributed by atoms with E-state index in [0.717, 1.165) is 30.8 Å². The maximum atomic E-state index is 6.38. The van der Waals surface area contributed by atoms with Gasteiger partial charge in [-0.15, -0.1) is 0 Å². The smallest absolute Gasteiger partial charge is 0.123 e. The van der Waals surface area contributed by atoms with Gasteiger partial charge in [-0.1, -0.05) is 26.0 Å². The molecular formula is C15H24N2O. The highest BCUT2D eigenvalue weighted by Crippen LogP contribution is 2.33. The summed E-state index contributed by atoms with van der Waals surface area (Å²) in [5.41, 5.74) is 8.82. The Bertz CT molecular complexity index is 397. The van der Waals surface area contributed by atoms with Gasteiger partial charge in [0, 0.05) is 11.6 Å². The van der Waals surface area contributed by atoms with Gasteiger partial charge in [-0.25, -0.2) is 0 Å². The minimum atomic E-state index is 0.0659. The van der Waals surface area contributed by atoms with E-state index < -0.39 is 0 Å². The minimum absolute atomic E-state index is 0.0659. The number of nitrogens with one attached hydrogen (secondary N) is 1. The SMILES string of the molecule is COc1cc(C(C)C)ccc1C(N)C1CCNC1. The van der Waals surface area contributed by atoms with E-state index in [1.54, 1.807) is 7.11 Å². The summed E-state index contributed by atoms with van der Waals surface area (Å²) < 4.78 is 5.52. The summed E-state index contributed by atoms with van der Waals surface area (Å²) in [6.45, 7) is 6.46. The minimum Gasteiger partial charge on any atom is -0.496 e. The summed E-state index contributed by atoms with van der Waals surface area (Å²) in [7, 11) is 1.72. The Morgan fingerprint density at radius 1 is 1.39 bits per heavy atom. The first-order valence-corrected chi connectivity index (χ1v) is 6.77. The molecule has 3 nitrogen and oxygen atoms in total. The lowest BCUT2D eigenvalue weighted by Gasteiger charge is -2.22. The van der Waals surface area contributed by atoms with Crippen molar-refractivity contribution in [1.82, 2.24) is 5.32 Å². The predicted octanol–water partition coefficient (Wildman–Crippen LogP) is 2.43. The summed E-state index contributed by atoms with van der Waals surface area (Å²) in [6, 6.07) is 6.50. The summed E-state index contributed by atoms with van der Waals surface area (Å²) in [6.07, 6.45) is 1.15. The van der Waals surface area contributed by atoms with Crippen LogP contribution in [-0.4, -0.2) is 20.2 Å². The Kier molecular flexibility index (Phi) is 4.25. The fraction of sp³-hybridized carbons (Fsp3) is 0.600. The molecule has 0 aromatic heterocycles. The third-order valence-electron chi connectivity index (χ3n) is 3.89. The van der Waals surface area contributed by atoms with Gasteiger partial charge < -0.3 is 15.8 Å². The van der Waals surface area contributed by atoms with E-state index in [1.165, 1.54) is 5.56 Å². The average Bonchev–Trinajstić information content (AvgIpc) is 2.90. The lowest BCUT2D eigenvalue weighted by atomic mass is 9.90. The highest BCUT2D eigenvalue weighted by Gasteiger charge is 2.25. The molecule has 0 amide bonds. The number of methoxy groups -OCH3 is 1. The van der Waals surface area contributed by atoms with Crippen molar-refractivity contribution >= 4 is 0 Å². The van der Waals surface area contributed by atoms with Crippen LogP contribution in [-0.2, 0) is 0 Å². The molecule has 1 saturated heterocycles. The van der Waals surface area contributed by atoms with E-state index in [2.05, 4.69) is 37.4 Å². The van der Waals surface area contributed by atoms with Crippen LogP contribution in [0.15, 0.2) is 18.2 Å². The summed E-state index contributed by atoms with van der Waals surface area (Å²) >= 11 is 0. The van der Waals surface area contributed by atoms with Crippen LogP contribution in [0.4, 0.5) is 0 Å². The zero-order valence-electron chi connectivity index (χ0n) is 11.6. The highest BCUT2D eigenvalue weighted by molar-refractivity contribution is 5.41. The largest absolute Gasteiger partial charge is 0.496 e. The second-order valence-corrected chi connectivity index (χ2v) is 5.43. The first kappa shape index (κ1) is 13.4. The van der Waals surface area contributed by atoms with Gasteiger partial charge in [-0.05, 0) is 43.0 Å². The van der Waals surface area contributed by atoms with E-state index in [4.69, 9.17) is 10.5 Å². The average molecular weight is 248 g/mol. The number of rotatable bonds is 4. The molecule has 1 aliphatic heterocycles. The normalized spacial score (nSPS) is 21.3. The van der Waals surface area contributed by atoms with E-state index in [0.29, 0.717) is 11.8 Å². The third-order valence-corrected chi connectivity index (χ3v) is 3.89. The van der Waals surface area contributed by atoms with Crippen molar-refractivity contribution in [2.45, 2.75) is 32.2 Å². The molecule has 0 bridgehead atoms. The van der Waals surface area contributed by atoms with Crippen molar-refractivity contribution in [2.24, 2.45) is 11.7 Å². The van der Waals surface area contributed by atoms with E-state index in [-0.39, 0.29) is 6.04 Å². The fourth-order valence-electron chi connectivity index (χ4n) is 2.60. The molecule has 1 aromatic rings. The molecule has 1 fully saturated rings. The monoisotopic (exact) mass is 248 g/mol. The lowest BCUT2D eigenvalue weighted by molar-refractivity contribution is 0.390. The van der Waals surface area contributed by atoms with Gasteiger partial charge in [0.05, 0.1) is 7.11 Å². The molecule has 100 valence electrons. The molecule has 0 aliphatic carbocycles. The molecule has 0 radical (unpaired) electrons. The lowest BCUT2D eigenvalue weighted by Crippen LogP contribution is -2.24. The number of nitrogens with two attached hydrogens (primary N) is 1. The molecule has 3 heteroatoms. The zero-order chi connectivity index (χ0) is 13.1. The van der Waals surface area contributed by atoms with Crippen LogP contribution in [0.1, 0.15) is 43.4 Å². The number of ether oxygens (including phenoxy) is 1. The first-order chi connectivity index (χ1) is 8.63. The molecule has 18 heavy (non-hydrogen) atoms. The van der Waals surface area contributed by atoms with Crippen molar-refractivity contribution in [3.8, 4) is 5.75 Å². The highest BCUT2D eigenvalue weighted by atomic mass is 16.5. The summed E-state index contributed by atoms with van der Waals surface area (Å²) in [5, 5.41) is 3.37. The van der Waals surface area contributed by atoms with Gasteiger partial charge in [0.2, 0.25) is 0 Å². The molecule has 2 rings (SSSR count). The molecule has 2 unspecified atom stereocenters. The van der Waals surface area contributed by atoms with Gasteiger partial charge >= 0.3 is 0 Å². The Morgan fingerprint density at radius 2 is 2.17 bits per heavy atom. The maximum absolute atomic E-state index is 6.38.